The minimum absolute atomic E-state index is 0.0404. The van der Waals surface area contributed by atoms with Crippen LogP contribution < -0.4 is 5.32 Å². The molecule has 0 saturated heterocycles. The number of anilines is 1. The molecule has 5 heteroatoms. The number of hydrogen-bond donors (Lipinski definition) is 3. The van der Waals surface area contributed by atoms with Crippen molar-refractivity contribution < 1.29 is 19.8 Å². The summed E-state index contributed by atoms with van der Waals surface area (Å²) in [5.41, 5.74) is 2.26. The number of phenols is 1. The fourth-order valence-corrected chi connectivity index (χ4v) is 1.83. The van der Waals surface area contributed by atoms with Gasteiger partial charge in [0, 0.05) is 11.3 Å². The molecule has 0 atom stereocenters. The van der Waals surface area contributed by atoms with Gasteiger partial charge in [0.2, 0.25) is 0 Å². The van der Waals surface area contributed by atoms with E-state index >= 15 is 0 Å². The quantitative estimate of drug-likeness (QED) is 0.809. The van der Waals surface area contributed by atoms with Gasteiger partial charge in [-0.1, -0.05) is 12.1 Å². The molecular weight excluding hydrogens is 270 g/mol. The first-order chi connectivity index (χ1) is 9.88. The lowest BCUT2D eigenvalue weighted by Crippen LogP contribution is -2.13. The van der Waals surface area contributed by atoms with E-state index in [-0.39, 0.29) is 11.3 Å². The van der Waals surface area contributed by atoms with Gasteiger partial charge in [-0.2, -0.15) is 0 Å². The van der Waals surface area contributed by atoms with Gasteiger partial charge in [-0.25, -0.2) is 4.79 Å². The first-order valence-corrected chi connectivity index (χ1v) is 6.33. The molecule has 0 fully saturated rings. The van der Waals surface area contributed by atoms with Crippen LogP contribution in [0.15, 0.2) is 36.4 Å². The summed E-state index contributed by atoms with van der Waals surface area (Å²) < 4.78 is 0. The van der Waals surface area contributed by atoms with Gasteiger partial charge in [0.25, 0.3) is 5.91 Å². The van der Waals surface area contributed by atoms with Crippen LogP contribution in [0, 0.1) is 13.8 Å². The molecule has 0 bridgehead atoms. The number of hydrogen-bond acceptors (Lipinski definition) is 3. The van der Waals surface area contributed by atoms with Crippen molar-refractivity contribution in [3.05, 3.63) is 58.7 Å². The van der Waals surface area contributed by atoms with Crippen molar-refractivity contribution in [1.82, 2.24) is 0 Å². The van der Waals surface area contributed by atoms with E-state index in [0.717, 1.165) is 5.56 Å². The third-order valence-corrected chi connectivity index (χ3v) is 3.20. The normalized spacial score (nSPS) is 10.2. The van der Waals surface area contributed by atoms with Crippen molar-refractivity contribution in [1.29, 1.82) is 0 Å². The molecule has 0 aromatic heterocycles. The highest BCUT2D eigenvalue weighted by atomic mass is 16.4. The third-order valence-electron chi connectivity index (χ3n) is 3.20. The lowest BCUT2D eigenvalue weighted by molar-refractivity contribution is 0.0696. The zero-order chi connectivity index (χ0) is 15.6. The molecule has 0 spiro atoms. The first kappa shape index (κ1) is 14.6. The van der Waals surface area contributed by atoms with Crippen LogP contribution in [0.2, 0.25) is 0 Å². The molecule has 1 amide bonds. The summed E-state index contributed by atoms with van der Waals surface area (Å²) in [7, 11) is 0. The minimum atomic E-state index is -1.06. The van der Waals surface area contributed by atoms with Crippen molar-refractivity contribution in [2.45, 2.75) is 13.8 Å². The van der Waals surface area contributed by atoms with Crippen molar-refractivity contribution in [3.63, 3.8) is 0 Å². The van der Waals surface area contributed by atoms with Crippen LogP contribution in [-0.2, 0) is 0 Å². The molecule has 0 radical (unpaired) electrons. The molecule has 0 aliphatic rings. The van der Waals surface area contributed by atoms with Crippen LogP contribution in [0.1, 0.15) is 31.8 Å². The summed E-state index contributed by atoms with van der Waals surface area (Å²) in [5, 5.41) is 21.3. The summed E-state index contributed by atoms with van der Waals surface area (Å²) in [6.45, 7) is 3.51. The number of carboxylic acid groups (broad SMARTS) is 1. The Bertz CT molecular complexity index is 722. The van der Waals surface area contributed by atoms with Crippen LogP contribution in [0.5, 0.6) is 5.75 Å². The topological polar surface area (TPSA) is 86.6 Å². The molecule has 0 heterocycles. The van der Waals surface area contributed by atoms with Crippen molar-refractivity contribution in [2.24, 2.45) is 0 Å². The zero-order valence-corrected chi connectivity index (χ0v) is 11.7. The number of phenolic OH excluding ortho intramolecular Hbond substituents is 1. The van der Waals surface area contributed by atoms with E-state index in [4.69, 9.17) is 5.11 Å². The van der Waals surface area contributed by atoms with Crippen LogP contribution in [-0.4, -0.2) is 22.1 Å². The SMILES string of the molecule is Cc1ccc(C(=O)Nc2cc(C(=O)O)ccc2C)cc1O. The summed E-state index contributed by atoms with van der Waals surface area (Å²) >= 11 is 0. The predicted octanol–water partition coefficient (Wildman–Crippen LogP) is 2.96. The Labute approximate surface area is 121 Å². The Kier molecular flexibility index (Phi) is 3.93. The standard InChI is InChI=1S/C16H15NO4/c1-9-3-6-12(16(20)21)7-13(9)17-15(19)11-5-4-10(2)14(18)8-11/h3-8,18H,1-2H3,(H,17,19)(H,20,21). The lowest BCUT2D eigenvalue weighted by Gasteiger charge is -2.10. The Balaban J connectivity index is 2.28. The summed E-state index contributed by atoms with van der Waals surface area (Å²) in [5.74, 6) is -1.42. The molecule has 5 nitrogen and oxygen atoms in total. The van der Waals surface area contributed by atoms with Crippen molar-refractivity contribution in [2.75, 3.05) is 5.32 Å². The highest BCUT2D eigenvalue weighted by Gasteiger charge is 2.11. The second-order valence-electron chi connectivity index (χ2n) is 4.79. The minimum Gasteiger partial charge on any atom is -0.508 e. The van der Waals surface area contributed by atoms with Crippen molar-refractivity contribution in [3.8, 4) is 5.75 Å². The number of rotatable bonds is 3. The highest BCUT2D eigenvalue weighted by molar-refractivity contribution is 6.05. The Morgan fingerprint density at radius 1 is 0.952 bits per heavy atom. The second kappa shape index (κ2) is 5.66. The van der Waals surface area contributed by atoms with Gasteiger partial charge in [0.15, 0.2) is 0 Å². The lowest BCUT2D eigenvalue weighted by atomic mass is 10.1. The van der Waals surface area contributed by atoms with E-state index < -0.39 is 11.9 Å². The van der Waals surface area contributed by atoms with Crippen LogP contribution in [0.4, 0.5) is 5.69 Å². The van der Waals surface area contributed by atoms with Gasteiger partial charge in [-0.3, -0.25) is 4.79 Å². The van der Waals surface area contributed by atoms with E-state index in [1.165, 1.54) is 18.2 Å². The van der Waals surface area contributed by atoms with E-state index in [1.54, 1.807) is 32.0 Å². The van der Waals surface area contributed by atoms with Gasteiger partial charge in [-0.15, -0.1) is 0 Å². The van der Waals surface area contributed by atoms with Crippen LogP contribution >= 0.6 is 0 Å². The molecule has 0 saturated carbocycles. The Morgan fingerprint density at radius 3 is 2.19 bits per heavy atom. The molecule has 3 N–H and O–H groups in total. The molecule has 0 unspecified atom stereocenters. The molecule has 2 aromatic carbocycles. The second-order valence-corrected chi connectivity index (χ2v) is 4.79. The maximum Gasteiger partial charge on any atom is 0.335 e. The number of amides is 1. The fourth-order valence-electron chi connectivity index (χ4n) is 1.83. The Morgan fingerprint density at radius 2 is 1.57 bits per heavy atom. The summed E-state index contributed by atoms with van der Waals surface area (Å²) in [6, 6.07) is 9.13. The predicted molar refractivity (Wildman–Crippen MR) is 78.9 cm³/mol. The van der Waals surface area contributed by atoms with E-state index in [9.17, 15) is 14.7 Å². The Hall–Kier alpha value is -2.82. The van der Waals surface area contributed by atoms with Gasteiger partial charge < -0.3 is 15.5 Å². The number of aromatic hydroxyl groups is 1. The number of carbonyl (C=O) groups is 2. The van der Waals surface area contributed by atoms with E-state index in [2.05, 4.69) is 5.32 Å². The van der Waals surface area contributed by atoms with Gasteiger partial charge >= 0.3 is 5.97 Å². The fraction of sp³-hybridized carbons (Fsp3) is 0.125. The largest absolute Gasteiger partial charge is 0.508 e. The average Bonchev–Trinajstić information content (AvgIpc) is 2.43. The molecule has 0 aliphatic heterocycles. The third kappa shape index (κ3) is 3.20. The molecule has 108 valence electrons. The molecular formula is C16H15NO4. The zero-order valence-electron chi connectivity index (χ0n) is 11.7. The van der Waals surface area contributed by atoms with E-state index in [1.807, 2.05) is 0 Å². The van der Waals surface area contributed by atoms with E-state index in [0.29, 0.717) is 16.8 Å². The highest BCUT2D eigenvalue weighted by Crippen LogP contribution is 2.21. The number of nitrogens with one attached hydrogen (secondary N) is 1. The molecule has 2 rings (SSSR count). The van der Waals surface area contributed by atoms with Crippen molar-refractivity contribution >= 4 is 17.6 Å². The van der Waals surface area contributed by atoms with Crippen LogP contribution in [0.25, 0.3) is 0 Å². The first-order valence-electron chi connectivity index (χ1n) is 6.33. The maximum absolute atomic E-state index is 12.1. The number of aromatic carboxylic acids is 1. The smallest absolute Gasteiger partial charge is 0.335 e. The summed E-state index contributed by atoms with van der Waals surface area (Å²) in [6.07, 6.45) is 0. The number of aryl methyl sites for hydroxylation is 2. The van der Waals surface area contributed by atoms with Gasteiger partial charge in [0.05, 0.1) is 5.56 Å². The average molecular weight is 285 g/mol. The molecule has 21 heavy (non-hydrogen) atoms. The van der Waals surface area contributed by atoms with Gasteiger partial charge in [-0.05, 0) is 49.2 Å². The monoisotopic (exact) mass is 285 g/mol. The number of carbonyl (C=O) groups excluding carboxylic acids is 1. The molecule has 0 aliphatic carbocycles. The maximum atomic E-state index is 12.1. The molecule has 2 aromatic rings. The summed E-state index contributed by atoms with van der Waals surface area (Å²) in [4.78, 5) is 23.1. The number of benzene rings is 2. The van der Waals surface area contributed by atoms with Crippen LogP contribution in [0.3, 0.4) is 0 Å². The van der Waals surface area contributed by atoms with Gasteiger partial charge in [0.1, 0.15) is 5.75 Å². The number of carboxylic acids is 1.